The minimum atomic E-state index is -4.26. The monoisotopic (exact) mass is 431 g/mol. The first-order valence-electron chi connectivity index (χ1n) is 8.66. The van der Waals surface area contributed by atoms with Crippen LogP contribution in [-0.4, -0.2) is 19.6 Å². The second kappa shape index (κ2) is 9.56. The molecule has 0 atom stereocenters. The molecular formula is C21H18ClNO5S. The van der Waals surface area contributed by atoms with Gasteiger partial charge in [0, 0.05) is 5.02 Å². The van der Waals surface area contributed by atoms with Crippen molar-refractivity contribution in [1.29, 1.82) is 0 Å². The highest BCUT2D eigenvalue weighted by molar-refractivity contribution is 7.86. The van der Waals surface area contributed by atoms with Crippen LogP contribution >= 0.6 is 11.6 Å². The summed E-state index contributed by atoms with van der Waals surface area (Å²) in [4.78, 5) is 12.4. The maximum atomic E-state index is 12.6. The van der Waals surface area contributed by atoms with Crippen LogP contribution in [0.2, 0.25) is 5.02 Å². The third-order valence-corrected chi connectivity index (χ3v) is 5.35. The Labute approximate surface area is 174 Å². The lowest BCUT2D eigenvalue weighted by Crippen LogP contribution is -2.33. The van der Waals surface area contributed by atoms with E-state index in [4.69, 9.17) is 20.6 Å². The Kier molecular flexibility index (Phi) is 6.87. The van der Waals surface area contributed by atoms with Gasteiger partial charge in [-0.05, 0) is 35.4 Å². The molecule has 3 aromatic rings. The Morgan fingerprint density at radius 1 is 0.828 bits per heavy atom. The van der Waals surface area contributed by atoms with Gasteiger partial charge in [-0.3, -0.25) is 0 Å². The first-order chi connectivity index (χ1) is 13.9. The number of benzene rings is 3. The van der Waals surface area contributed by atoms with Crippen molar-refractivity contribution in [3.8, 4) is 0 Å². The number of amides is 1. The Balaban J connectivity index is 1.78. The third-order valence-electron chi connectivity index (χ3n) is 3.87. The molecule has 0 fully saturated rings. The van der Waals surface area contributed by atoms with Crippen LogP contribution in [0.4, 0.5) is 4.79 Å². The van der Waals surface area contributed by atoms with E-state index in [9.17, 15) is 13.2 Å². The average Bonchev–Trinajstić information content (AvgIpc) is 2.73. The fraction of sp³-hybridized carbons (Fsp3) is 0.0952. The normalized spacial score (nSPS) is 11.1. The topological polar surface area (TPSA) is 72.9 Å². The summed E-state index contributed by atoms with van der Waals surface area (Å²) in [5.41, 5.74) is 1.44. The van der Waals surface area contributed by atoms with Gasteiger partial charge in [0.15, 0.2) is 0 Å². The molecule has 8 heteroatoms. The molecule has 0 unspecified atom stereocenters. The highest BCUT2D eigenvalue weighted by Crippen LogP contribution is 2.19. The molecule has 3 aromatic carbocycles. The van der Waals surface area contributed by atoms with Gasteiger partial charge >= 0.3 is 16.2 Å². The lowest BCUT2D eigenvalue weighted by atomic mass is 10.2. The largest absolute Gasteiger partial charge is 0.443 e. The highest BCUT2D eigenvalue weighted by atomic mass is 35.5. The zero-order valence-electron chi connectivity index (χ0n) is 15.3. The van der Waals surface area contributed by atoms with E-state index >= 15 is 0 Å². The summed E-state index contributed by atoms with van der Waals surface area (Å²) in [6.07, 6.45) is -0.921. The summed E-state index contributed by atoms with van der Waals surface area (Å²) < 4.78 is 35.6. The smallest absolute Gasteiger partial charge is 0.435 e. The molecule has 0 radical (unpaired) electrons. The molecule has 6 nitrogen and oxygen atoms in total. The Bertz CT molecular complexity index is 1040. The molecule has 0 saturated carbocycles. The van der Waals surface area contributed by atoms with Crippen LogP contribution in [0.1, 0.15) is 11.1 Å². The molecule has 0 heterocycles. The number of ether oxygens (including phenoxy) is 1. The van der Waals surface area contributed by atoms with E-state index in [1.54, 1.807) is 36.4 Å². The van der Waals surface area contributed by atoms with Gasteiger partial charge in [0.2, 0.25) is 0 Å². The number of rotatable bonds is 7. The summed E-state index contributed by atoms with van der Waals surface area (Å²) in [5, 5.41) is 1.06. The standard InChI is InChI=1S/C21H18ClNO5S/c22-19-11-13-20(14-12-19)29(25,26)28-23(15-17-7-3-1-4-8-17)21(24)27-16-18-9-5-2-6-10-18/h1-14H,15-16H2. The molecule has 0 aliphatic carbocycles. The molecule has 0 aliphatic rings. The van der Waals surface area contributed by atoms with Crippen LogP contribution in [0, 0.1) is 0 Å². The Morgan fingerprint density at radius 3 is 1.97 bits per heavy atom. The zero-order chi connectivity index (χ0) is 20.7. The quantitative estimate of drug-likeness (QED) is 0.502. The first kappa shape index (κ1) is 20.9. The lowest BCUT2D eigenvalue weighted by molar-refractivity contribution is -0.0517. The van der Waals surface area contributed by atoms with Crippen molar-refractivity contribution < 1.29 is 22.2 Å². The predicted octanol–water partition coefficient (Wildman–Crippen LogP) is 4.80. The van der Waals surface area contributed by atoms with Gasteiger partial charge < -0.3 is 4.74 Å². The van der Waals surface area contributed by atoms with Crippen molar-refractivity contribution in [3.63, 3.8) is 0 Å². The number of hydrogen-bond donors (Lipinski definition) is 0. The number of carbonyl (C=O) groups excluding carboxylic acids is 1. The molecule has 0 aromatic heterocycles. The van der Waals surface area contributed by atoms with E-state index in [1.165, 1.54) is 24.3 Å². The van der Waals surface area contributed by atoms with Gasteiger partial charge in [-0.15, -0.1) is 4.28 Å². The summed E-state index contributed by atoms with van der Waals surface area (Å²) in [6.45, 7) is -0.128. The van der Waals surface area contributed by atoms with E-state index in [1.807, 2.05) is 24.3 Å². The highest BCUT2D eigenvalue weighted by Gasteiger charge is 2.26. The van der Waals surface area contributed by atoms with E-state index in [0.29, 0.717) is 15.6 Å². The number of halogens is 1. The van der Waals surface area contributed by atoms with Crippen molar-refractivity contribution in [2.75, 3.05) is 0 Å². The van der Waals surface area contributed by atoms with Crippen LogP contribution in [0.25, 0.3) is 0 Å². The molecule has 0 saturated heterocycles. The summed E-state index contributed by atoms with van der Waals surface area (Å²) in [5.74, 6) is 0. The Hall–Kier alpha value is -2.87. The number of hydroxylamine groups is 2. The second-order valence-corrected chi connectivity index (χ2v) is 8.01. The van der Waals surface area contributed by atoms with Crippen molar-refractivity contribution in [2.24, 2.45) is 0 Å². The van der Waals surface area contributed by atoms with E-state index in [-0.39, 0.29) is 18.0 Å². The molecule has 1 amide bonds. The van der Waals surface area contributed by atoms with Gasteiger partial charge in [0.05, 0.1) is 11.4 Å². The average molecular weight is 432 g/mol. The van der Waals surface area contributed by atoms with Crippen LogP contribution in [0.15, 0.2) is 89.8 Å². The number of nitrogens with zero attached hydrogens (tertiary/aromatic N) is 1. The van der Waals surface area contributed by atoms with Gasteiger partial charge in [-0.2, -0.15) is 13.5 Å². The van der Waals surface area contributed by atoms with E-state index in [0.717, 1.165) is 5.56 Å². The molecule has 29 heavy (non-hydrogen) atoms. The summed E-state index contributed by atoms with van der Waals surface area (Å²) in [6, 6.07) is 23.3. The van der Waals surface area contributed by atoms with Crippen LogP contribution in [0.5, 0.6) is 0 Å². The first-order valence-corrected chi connectivity index (χ1v) is 10.4. The van der Waals surface area contributed by atoms with Crippen molar-refractivity contribution >= 4 is 27.8 Å². The molecular weight excluding hydrogens is 414 g/mol. The molecule has 3 rings (SSSR count). The van der Waals surface area contributed by atoms with Crippen molar-refractivity contribution in [1.82, 2.24) is 5.06 Å². The maximum Gasteiger partial charge on any atom is 0.435 e. The molecule has 0 N–H and O–H groups in total. The summed E-state index contributed by atoms with van der Waals surface area (Å²) in [7, 11) is -4.26. The van der Waals surface area contributed by atoms with Crippen molar-refractivity contribution in [3.05, 3.63) is 101 Å². The van der Waals surface area contributed by atoms with Gasteiger partial charge in [0.1, 0.15) is 6.61 Å². The molecule has 0 bridgehead atoms. The number of carbonyl (C=O) groups is 1. The third kappa shape index (κ3) is 6.05. The SMILES string of the molecule is O=C(OCc1ccccc1)N(Cc1ccccc1)OS(=O)(=O)c1ccc(Cl)cc1. The Morgan fingerprint density at radius 2 is 1.38 bits per heavy atom. The zero-order valence-corrected chi connectivity index (χ0v) is 16.8. The lowest BCUT2D eigenvalue weighted by Gasteiger charge is -2.21. The fourth-order valence-electron chi connectivity index (χ4n) is 2.42. The van der Waals surface area contributed by atoms with E-state index in [2.05, 4.69) is 0 Å². The molecule has 0 aliphatic heterocycles. The summed E-state index contributed by atoms with van der Waals surface area (Å²) >= 11 is 5.80. The molecule has 150 valence electrons. The van der Waals surface area contributed by atoms with Gasteiger partial charge in [0.25, 0.3) is 0 Å². The number of hydrogen-bond acceptors (Lipinski definition) is 5. The maximum absolute atomic E-state index is 12.6. The molecule has 0 spiro atoms. The predicted molar refractivity (Wildman–Crippen MR) is 108 cm³/mol. The van der Waals surface area contributed by atoms with Crippen LogP contribution in [0.3, 0.4) is 0 Å². The van der Waals surface area contributed by atoms with Gasteiger partial charge in [-0.1, -0.05) is 72.3 Å². The fourth-order valence-corrected chi connectivity index (χ4v) is 3.46. The van der Waals surface area contributed by atoms with E-state index < -0.39 is 16.2 Å². The minimum Gasteiger partial charge on any atom is -0.443 e. The van der Waals surface area contributed by atoms with Crippen LogP contribution < -0.4 is 0 Å². The van der Waals surface area contributed by atoms with Crippen molar-refractivity contribution in [2.45, 2.75) is 18.0 Å². The van der Waals surface area contributed by atoms with Gasteiger partial charge in [-0.25, -0.2) is 4.79 Å². The van der Waals surface area contributed by atoms with Crippen LogP contribution in [-0.2, 0) is 32.3 Å². The second-order valence-electron chi connectivity index (χ2n) is 6.04. The minimum absolute atomic E-state index is 0.0185.